The van der Waals surface area contributed by atoms with Crippen molar-refractivity contribution in [3.8, 4) is 0 Å². The molecule has 2 atom stereocenters. The van der Waals surface area contributed by atoms with Crippen LogP contribution >= 0.6 is 0 Å². The van der Waals surface area contributed by atoms with Crippen LogP contribution in [-0.2, 0) is 18.4 Å². The summed E-state index contributed by atoms with van der Waals surface area (Å²) in [5, 5.41) is 7.53. The minimum Gasteiger partial charge on any atom is -0.338 e. The molecule has 10 heteroatoms. The number of rotatable bonds is 5. The van der Waals surface area contributed by atoms with Crippen LogP contribution in [0.2, 0.25) is 0 Å². The molecule has 5 rings (SSSR count). The summed E-state index contributed by atoms with van der Waals surface area (Å²) in [6.07, 6.45) is 6.81. The Morgan fingerprint density at radius 1 is 1.34 bits per heavy atom. The van der Waals surface area contributed by atoms with Crippen LogP contribution in [-0.4, -0.2) is 65.8 Å². The first kappa shape index (κ1) is 17.7. The molecule has 2 aliphatic heterocycles. The summed E-state index contributed by atoms with van der Waals surface area (Å²) in [6.45, 7) is 8.76. The summed E-state index contributed by atoms with van der Waals surface area (Å²) in [4.78, 5) is 30.1. The molecule has 2 aliphatic rings. The Morgan fingerprint density at radius 3 is 2.93 bits per heavy atom. The summed E-state index contributed by atoms with van der Waals surface area (Å²) in [6, 6.07) is 0.200. The fourth-order valence-corrected chi connectivity index (χ4v) is 4.19. The highest BCUT2D eigenvalue weighted by atomic mass is 16.2. The van der Waals surface area contributed by atoms with Gasteiger partial charge in [-0.25, -0.2) is 4.98 Å². The zero-order chi connectivity index (χ0) is 20.1. The van der Waals surface area contributed by atoms with Gasteiger partial charge in [0, 0.05) is 45.3 Å². The van der Waals surface area contributed by atoms with E-state index in [4.69, 9.17) is 9.97 Å². The first-order valence-electron chi connectivity index (χ1n) is 9.74. The molecule has 2 fully saturated rings. The third kappa shape index (κ3) is 2.82. The number of imidazole rings is 1. The Hall–Kier alpha value is -3.43. The van der Waals surface area contributed by atoms with E-state index in [0.29, 0.717) is 17.7 Å². The molecule has 2 saturated heterocycles. The highest BCUT2D eigenvalue weighted by Gasteiger charge is 2.47. The van der Waals surface area contributed by atoms with Gasteiger partial charge in [-0.1, -0.05) is 6.58 Å². The first-order chi connectivity index (χ1) is 14.1. The van der Waals surface area contributed by atoms with Crippen molar-refractivity contribution in [1.29, 1.82) is 0 Å². The van der Waals surface area contributed by atoms with Gasteiger partial charge in [0.05, 0.1) is 24.3 Å². The molecule has 3 aromatic rings. The summed E-state index contributed by atoms with van der Waals surface area (Å²) >= 11 is 0. The number of likely N-dealkylation sites (tertiary alicyclic amines) is 1. The fourth-order valence-electron chi connectivity index (χ4n) is 4.19. The van der Waals surface area contributed by atoms with E-state index < -0.39 is 0 Å². The van der Waals surface area contributed by atoms with E-state index in [1.54, 1.807) is 17.2 Å². The van der Waals surface area contributed by atoms with Crippen LogP contribution in [0.1, 0.15) is 6.92 Å². The number of carbonyl (C=O) groups is 1. The monoisotopic (exact) mass is 393 g/mol. The van der Waals surface area contributed by atoms with Gasteiger partial charge in [0.2, 0.25) is 11.9 Å². The molecule has 0 radical (unpaired) electrons. The standard InChI is InChI=1S/C19H23N9O/c1-4-15(29)28-8-12-7-27(10-14(12)28)19-23-17(22-13-6-21-25(3)9-13)16-18(24-19)26(5-2)11-20-16/h4,6,9,11-12,14H,1,5,7-8,10H2,2-3H3,(H,22,23,24)/t12-,14?/m1/s1. The van der Waals surface area contributed by atoms with Crippen molar-refractivity contribution in [1.82, 2.24) is 34.2 Å². The number of aryl methyl sites for hydroxylation is 2. The van der Waals surface area contributed by atoms with Crippen molar-refractivity contribution in [2.75, 3.05) is 29.9 Å². The lowest BCUT2D eigenvalue weighted by molar-refractivity contribution is -0.135. The van der Waals surface area contributed by atoms with Gasteiger partial charge in [-0.2, -0.15) is 15.1 Å². The Bertz CT molecular complexity index is 1100. The number of carbonyl (C=O) groups excluding carboxylic acids is 1. The third-order valence-electron chi connectivity index (χ3n) is 5.74. The van der Waals surface area contributed by atoms with Crippen molar-refractivity contribution in [2.24, 2.45) is 13.0 Å². The van der Waals surface area contributed by atoms with Crippen LogP contribution in [0.3, 0.4) is 0 Å². The highest BCUT2D eigenvalue weighted by Crippen LogP contribution is 2.35. The number of hydrogen-bond donors (Lipinski definition) is 1. The second kappa shape index (κ2) is 6.57. The zero-order valence-electron chi connectivity index (χ0n) is 16.5. The van der Waals surface area contributed by atoms with E-state index in [9.17, 15) is 4.79 Å². The molecule has 5 heterocycles. The summed E-state index contributed by atoms with van der Waals surface area (Å²) in [7, 11) is 1.87. The number of nitrogens with one attached hydrogen (secondary N) is 1. The maximum absolute atomic E-state index is 12.0. The Morgan fingerprint density at radius 2 is 2.21 bits per heavy atom. The quantitative estimate of drug-likeness (QED) is 0.650. The largest absolute Gasteiger partial charge is 0.338 e. The van der Waals surface area contributed by atoms with Crippen LogP contribution < -0.4 is 10.2 Å². The summed E-state index contributed by atoms with van der Waals surface area (Å²) in [5.41, 5.74) is 2.36. The maximum atomic E-state index is 12.0. The molecule has 3 aromatic heterocycles. The molecule has 150 valence electrons. The average Bonchev–Trinajstić information content (AvgIpc) is 3.39. The molecule has 0 spiro atoms. The van der Waals surface area contributed by atoms with Crippen molar-refractivity contribution in [2.45, 2.75) is 19.5 Å². The predicted octanol–water partition coefficient (Wildman–Crippen LogP) is 1.16. The van der Waals surface area contributed by atoms with E-state index in [1.807, 2.05) is 22.7 Å². The molecular formula is C19H23N9O. The third-order valence-corrected chi connectivity index (χ3v) is 5.74. The lowest BCUT2D eigenvalue weighted by Gasteiger charge is -2.42. The Kier molecular flexibility index (Phi) is 4.00. The van der Waals surface area contributed by atoms with E-state index in [-0.39, 0.29) is 11.9 Å². The number of amides is 1. The number of fused-ring (bicyclic) bond motifs is 2. The topological polar surface area (TPSA) is 97.0 Å². The molecule has 0 saturated carbocycles. The highest BCUT2D eigenvalue weighted by molar-refractivity contribution is 5.88. The van der Waals surface area contributed by atoms with Crippen LogP contribution in [0.25, 0.3) is 11.2 Å². The first-order valence-corrected chi connectivity index (χ1v) is 9.74. The van der Waals surface area contributed by atoms with Crippen LogP contribution in [0.4, 0.5) is 17.5 Å². The second-order valence-electron chi connectivity index (χ2n) is 7.53. The molecule has 1 unspecified atom stereocenters. The number of hydrogen-bond acceptors (Lipinski definition) is 7. The van der Waals surface area contributed by atoms with Crippen LogP contribution in [0.15, 0.2) is 31.4 Å². The molecule has 0 bridgehead atoms. The maximum Gasteiger partial charge on any atom is 0.246 e. The normalized spacial score (nSPS) is 20.6. The average molecular weight is 393 g/mol. The molecule has 0 aliphatic carbocycles. The molecule has 10 nitrogen and oxygen atoms in total. The van der Waals surface area contributed by atoms with Crippen molar-refractivity contribution in [3.05, 3.63) is 31.4 Å². The van der Waals surface area contributed by atoms with Crippen molar-refractivity contribution >= 4 is 34.5 Å². The van der Waals surface area contributed by atoms with E-state index in [2.05, 4.69) is 33.8 Å². The Balaban J connectivity index is 1.49. The number of aromatic nitrogens is 6. The van der Waals surface area contributed by atoms with Gasteiger partial charge < -0.3 is 19.7 Å². The van der Waals surface area contributed by atoms with Gasteiger partial charge in [0.1, 0.15) is 0 Å². The van der Waals surface area contributed by atoms with Gasteiger partial charge in [0.25, 0.3) is 0 Å². The minimum absolute atomic E-state index is 0.00698. The van der Waals surface area contributed by atoms with Gasteiger partial charge in [0.15, 0.2) is 17.0 Å². The molecule has 0 aromatic carbocycles. The van der Waals surface area contributed by atoms with Crippen molar-refractivity contribution < 1.29 is 4.79 Å². The molecule has 1 amide bonds. The second-order valence-corrected chi connectivity index (χ2v) is 7.53. The fraction of sp³-hybridized carbons (Fsp3) is 0.421. The van der Waals surface area contributed by atoms with Gasteiger partial charge in [-0.15, -0.1) is 0 Å². The number of anilines is 3. The lowest BCUT2D eigenvalue weighted by Crippen LogP contribution is -2.57. The van der Waals surface area contributed by atoms with E-state index in [0.717, 1.165) is 43.0 Å². The summed E-state index contributed by atoms with van der Waals surface area (Å²) in [5.74, 6) is 1.75. The Labute approximate surface area is 167 Å². The minimum atomic E-state index is -0.00698. The smallest absolute Gasteiger partial charge is 0.246 e. The van der Waals surface area contributed by atoms with Crippen LogP contribution in [0, 0.1) is 5.92 Å². The summed E-state index contributed by atoms with van der Waals surface area (Å²) < 4.78 is 3.74. The SMILES string of the molecule is C=CC(=O)N1C[C@H]2CN(c3nc(Nc4cnn(C)c4)c4ncn(CC)c4n3)CC21. The van der Waals surface area contributed by atoms with E-state index >= 15 is 0 Å². The van der Waals surface area contributed by atoms with Gasteiger partial charge >= 0.3 is 0 Å². The molecular weight excluding hydrogens is 370 g/mol. The van der Waals surface area contributed by atoms with E-state index in [1.165, 1.54) is 6.08 Å². The van der Waals surface area contributed by atoms with Crippen molar-refractivity contribution in [3.63, 3.8) is 0 Å². The predicted molar refractivity (Wildman–Crippen MR) is 109 cm³/mol. The zero-order valence-corrected chi connectivity index (χ0v) is 16.5. The molecule has 29 heavy (non-hydrogen) atoms. The number of nitrogens with zero attached hydrogens (tertiary/aromatic N) is 8. The van der Waals surface area contributed by atoms with Gasteiger partial charge in [-0.3, -0.25) is 9.48 Å². The van der Waals surface area contributed by atoms with Gasteiger partial charge in [-0.05, 0) is 13.0 Å². The molecule has 1 N–H and O–H groups in total. The lowest BCUT2D eigenvalue weighted by atomic mass is 9.92. The van der Waals surface area contributed by atoms with Crippen LogP contribution in [0.5, 0.6) is 0 Å².